The summed E-state index contributed by atoms with van der Waals surface area (Å²) in [5.41, 5.74) is 1.39. The fraction of sp³-hybridized carbons (Fsp3) is 0.607. The highest BCUT2D eigenvalue weighted by molar-refractivity contribution is 5.86. The van der Waals surface area contributed by atoms with Crippen LogP contribution in [0.25, 0.3) is 10.9 Å². The van der Waals surface area contributed by atoms with Crippen LogP contribution in [-0.4, -0.2) is 82.5 Å². The van der Waals surface area contributed by atoms with Crippen molar-refractivity contribution in [2.45, 2.75) is 76.6 Å². The number of benzene rings is 1. The summed E-state index contributed by atoms with van der Waals surface area (Å²) in [6, 6.07) is 7.48. The molecule has 10 nitrogen and oxygen atoms in total. The summed E-state index contributed by atoms with van der Waals surface area (Å²) in [5.74, 6) is -0.641. The molecule has 1 saturated carbocycles. The number of rotatable bonds is 9. The van der Waals surface area contributed by atoms with Crippen molar-refractivity contribution in [2.24, 2.45) is 5.92 Å². The fourth-order valence-corrected chi connectivity index (χ4v) is 5.40. The molecule has 10 heteroatoms. The van der Waals surface area contributed by atoms with Crippen molar-refractivity contribution in [3.63, 3.8) is 0 Å². The molecule has 1 aliphatic carbocycles. The molecule has 4 rings (SSSR count). The summed E-state index contributed by atoms with van der Waals surface area (Å²) in [7, 11) is 1.67. The lowest BCUT2D eigenvalue weighted by Gasteiger charge is -2.40. The lowest BCUT2D eigenvalue weighted by molar-refractivity contribution is -0.141. The van der Waals surface area contributed by atoms with Gasteiger partial charge in [-0.05, 0) is 64.5 Å². The monoisotopic (exact) mass is 528 g/mol. The lowest BCUT2D eigenvalue weighted by Crippen LogP contribution is -2.56. The van der Waals surface area contributed by atoms with Gasteiger partial charge in [-0.1, -0.05) is 18.2 Å². The van der Waals surface area contributed by atoms with E-state index in [0.29, 0.717) is 13.0 Å². The van der Waals surface area contributed by atoms with Crippen LogP contribution < -0.4 is 5.32 Å². The maximum absolute atomic E-state index is 14.2. The number of para-hydroxylation sites is 1. The number of hydrogen-bond acceptors (Lipinski definition) is 5. The Labute approximate surface area is 223 Å². The molecule has 2 aliphatic rings. The fourth-order valence-electron chi connectivity index (χ4n) is 5.40. The Morgan fingerprint density at radius 2 is 1.95 bits per heavy atom. The van der Waals surface area contributed by atoms with Gasteiger partial charge in [-0.3, -0.25) is 4.79 Å². The summed E-state index contributed by atoms with van der Waals surface area (Å²) in [6.45, 7) is 6.11. The van der Waals surface area contributed by atoms with Crippen molar-refractivity contribution >= 4 is 29.0 Å². The summed E-state index contributed by atoms with van der Waals surface area (Å²) in [6.07, 6.45) is 3.97. The van der Waals surface area contributed by atoms with Crippen LogP contribution in [0.5, 0.6) is 0 Å². The second kappa shape index (κ2) is 11.6. The molecule has 3 amide bonds. The van der Waals surface area contributed by atoms with Crippen molar-refractivity contribution in [2.75, 3.05) is 26.8 Å². The molecule has 2 aromatic rings. The number of nitrogens with one attached hydrogen (secondary N) is 2. The first-order valence-electron chi connectivity index (χ1n) is 13.4. The van der Waals surface area contributed by atoms with Crippen LogP contribution >= 0.6 is 0 Å². The van der Waals surface area contributed by atoms with E-state index in [1.807, 2.05) is 29.3 Å². The molecular formula is C28H40N4O6. The van der Waals surface area contributed by atoms with E-state index in [4.69, 9.17) is 9.47 Å². The van der Waals surface area contributed by atoms with E-state index < -0.39 is 29.7 Å². The number of carbonyl (C=O) groups excluding carboxylic acids is 2. The van der Waals surface area contributed by atoms with Crippen molar-refractivity contribution in [1.29, 1.82) is 0 Å². The summed E-state index contributed by atoms with van der Waals surface area (Å²) < 4.78 is 10.7. The SMILES string of the molecule is COCCCC(c1c[nH]c2ccccc12)N(C(=O)[C@H]1C[C@@H](NC(=O)OC(C)(C)C)CN(C(=O)O)C1)C1CC1. The topological polar surface area (TPSA) is 124 Å². The number of ether oxygens (including phenoxy) is 2. The highest BCUT2D eigenvalue weighted by atomic mass is 16.6. The Hall–Kier alpha value is -3.27. The standard InChI is InChI=1S/C28H40N4O6/c1-28(2,3)38-26(34)30-19-14-18(16-31(17-19)27(35)36)25(33)32(20-11-12-20)24(10-7-13-37-4)22-15-29-23-9-6-5-8-21(22)23/h5-6,8-9,15,18-20,24,29H,7,10-14,16-17H2,1-4H3,(H,30,34)(H,35,36)/t18-,19+,24?/m0/s1. The molecule has 1 aliphatic heterocycles. The molecule has 1 aromatic heterocycles. The van der Waals surface area contributed by atoms with Crippen LogP contribution in [0.15, 0.2) is 30.5 Å². The third-order valence-corrected chi connectivity index (χ3v) is 7.13. The number of aromatic amines is 1. The molecule has 0 spiro atoms. The van der Waals surface area contributed by atoms with E-state index in [-0.39, 0.29) is 31.1 Å². The van der Waals surface area contributed by atoms with Crippen molar-refractivity contribution in [3.05, 3.63) is 36.0 Å². The predicted octanol–water partition coefficient (Wildman–Crippen LogP) is 4.52. The summed E-state index contributed by atoms with van der Waals surface area (Å²) >= 11 is 0. The first-order chi connectivity index (χ1) is 18.1. The minimum absolute atomic E-state index is 0.0675. The van der Waals surface area contributed by atoms with Crippen molar-refractivity contribution in [1.82, 2.24) is 20.1 Å². The second-order valence-corrected chi connectivity index (χ2v) is 11.4. The van der Waals surface area contributed by atoms with Crippen LogP contribution in [-0.2, 0) is 14.3 Å². The molecule has 1 saturated heterocycles. The van der Waals surface area contributed by atoms with Gasteiger partial charge in [0.05, 0.1) is 18.0 Å². The third kappa shape index (κ3) is 6.78. The first kappa shape index (κ1) is 27.8. The van der Waals surface area contributed by atoms with Gasteiger partial charge in [0.2, 0.25) is 5.91 Å². The van der Waals surface area contributed by atoms with Gasteiger partial charge in [-0.25, -0.2) is 9.59 Å². The van der Waals surface area contributed by atoms with Gasteiger partial charge in [-0.2, -0.15) is 0 Å². The number of nitrogens with zero attached hydrogens (tertiary/aromatic N) is 2. The average Bonchev–Trinajstić information content (AvgIpc) is 3.59. The van der Waals surface area contributed by atoms with Gasteiger partial charge in [0, 0.05) is 49.9 Å². The third-order valence-electron chi connectivity index (χ3n) is 7.13. The van der Waals surface area contributed by atoms with Gasteiger partial charge in [0.25, 0.3) is 0 Å². The molecule has 2 fully saturated rings. The molecule has 0 radical (unpaired) electrons. The minimum atomic E-state index is -1.11. The zero-order valence-electron chi connectivity index (χ0n) is 22.7. The van der Waals surface area contributed by atoms with Gasteiger partial charge < -0.3 is 34.7 Å². The number of likely N-dealkylation sites (tertiary alicyclic amines) is 1. The van der Waals surface area contributed by atoms with E-state index in [9.17, 15) is 19.5 Å². The van der Waals surface area contributed by atoms with Crippen LogP contribution in [0, 0.1) is 5.92 Å². The Kier molecular flexibility index (Phi) is 8.50. The molecule has 1 aromatic carbocycles. The average molecular weight is 529 g/mol. The maximum atomic E-state index is 14.2. The van der Waals surface area contributed by atoms with E-state index in [1.165, 1.54) is 4.90 Å². The number of alkyl carbamates (subject to hydrolysis) is 1. The number of hydrogen-bond donors (Lipinski definition) is 3. The molecule has 3 N–H and O–H groups in total. The maximum Gasteiger partial charge on any atom is 0.407 e. The first-order valence-corrected chi connectivity index (χ1v) is 13.4. The number of methoxy groups -OCH3 is 1. The highest BCUT2D eigenvalue weighted by Crippen LogP contribution is 2.41. The number of carbonyl (C=O) groups is 3. The van der Waals surface area contributed by atoms with Crippen LogP contribution in [0.4, 0.5) is 9.59 Å². The van der Waals surface area contributed by atoms with Crippen LogP contribution in [0.3, 0.4) is 0 Å². The van der Waals surface area contributed by atoms with Crippen molar-refractivity contribution < 1.29 is 29.0 Å². The van der Waals surface area contributed by atoms with Crippen molar-refractivity contribution in [3.8, 4) is 0 Å². The number of amides is 3. The molecule has 0 bridgehead atoms. The van der Waals surface area contributed by atoms with E-state index in [1.54, 1.807) is 27.9 Å². The zero-order chi connectivity index (χ0) is 27.4. The normalized spacial score (nSPS) is 20.7. The smallest absolute Gasteiger partial charge is 0.407 e. The molecule has 208 valence electrons. The molecule has 38 heavy (non-hydrogen) atoms. The number of H-pyrrole nitrogens is 1. The lowest BCUT2D eigenvalue weighted by atomic mass is 9.91. The Morgan fingerprint density at radius 3 is 2.61 bits per heavy atom. The van der Waals surface area contributed by atoms with Gasteiger partial charge in [-0.15, -0.1) is 0 Å². The highest BCUT2D eigenvalue weighted by Gasteiger charge is 2.44. The zero-order valence-corrected chi connectivity index (χ0v) is 22.7. The summed E-state index contributed by atoms with van der Waals surface area (Å²) in [4.78, 5) is 45.2. The number of aromatic nitrogens is 1. The molecular weight excluding hydrogens is 488 g/mol. The molecule has 2 heterocycles. The Balaban J connectivity index is 1.60. The number of carboxylic acid groups (broad SMARTS) is 1. The van der Waals surface area contributed by atoms with E-state index in [0.717, 1.165) is 42.1 Å². The van der Waals surface area contributed by atoms with Gasteiger partial charge >= 0.3 is 12.2 Å². The van der Waals surface area contributed by atoms with E-state index in [2.05, 4.69) is 16.4 Å². The predicted molar refractivity (Wildman–Crippen MR) is 143 cm³/mol. The largest absolute Gasteiger partial charge is 0.465 e. The van der Waals surface area contributed by atoms with Gasteiger partial charge in [0.15, 0.2) is 0 Å². The van der Waals surface area contributed by atoms with Gasteiger partial charge in [0.1, 0.15) is 5.60 Å². The Morgan fingerprint density at radius 1 is 1.21 bits per heavy atom. The Bertz CT molecular complexity index is 1140. The second-order valence-electron chi connectivity index (χ2n) is 11.4. The van der Waals surface area contributed by atoms with Crippen LogP contribution in [0.1, 0.15) is 64.5 Å². The summed E-state index contributed by atoms with van der Waals surface area (Å²) in [5, 5.41) is 13.7. The minimum Gasteiger partial charge on any atom is -0.465 e. The number of piperidine rings is 1. The number of fused-ring (bicyclic) bond motifs is 1. The quantitative estimate of drug-likeness (QED) is 0.411. The van der Waals surface area contributed by atoms with E-state index >= 15 is 0 Å². The molecule has 1 unspecified atom stereocenters. The molecule has 3 atom stereocenters. The van der Waals surface area contributed by atoms with Crippen LogP contribution in [0.2, 0.25) is 0 Å².